The minimum atomic E-state index is -0.247. The van der Waals surface area contributed by atoms with E-state index in [-0.39, 0.29) is 35.9 Å². The Bertz CT molecular complexity index is 1330. The standard InChI is InChI=1S/C32H42N4O5S/c1-40-29(37)16-22-9-11-23(12-10-22)17-34-18-24(19-34)30(38)35-14-13-28-27(21-35)31(39)36(20-25-6-5-15-41-25)32(33-28)42-26-7-3-2-4-8-26/h9-12,24-26H,2-8,13-21H2,1H3/t25-/m1/s1. The minimum Gasteiger partial charge on any atom is -0.469 e. The van der Waals surface area contributed by atoms with Gasteiger partial charge in [0.15, 0.2) is 5.16 Å². The molecule has 3 fully saturated rings. The first-order valence-electron chi connectivity index (χ1n) is 15.5. The van der Waals surface area contributed by atoms with Crippen LogP contribution in [0.15, 0.2) is 34.2 Å². The quantitative estimate of drug-likeness (QED) is 0.321. The van der Waals surface area contributed by atoms with Gasteiger partial charge in [-0.25, -0.2) is 4.98 Å². The van der Waals surface area contributed by atoms with E-state index in [0.29, 0.717) is 50.0 Å². The number of methoxy groups -OCH3 is 1. The van der Waals surface area contributed by atoms with Crippen LogP contribution in [-0.2, 0) is 51.5 Å². The predicted octanol–water partition coefficient (Wildman–Crippen LogP) is 3.58. The van der Waals surface area contributed by atoms with E-state index in [1.807, 2.05) is 33.7 Å². The summed E-state index contributed by atoms with van der Waals surface area (Å²) < 4.78 is 12.5. The van der Waals surface area contributed by atoms with Crippen molar-refractivity contribution in [1.29, 1.82) is 0 Å². The number of thioether (sulfide) groups is 1. The number of hydrogen-bond acceptors (Lipinski definition) is 8. The number of likely N-dealkylation sites (tertiary alicyclic amines) is 1. The van der Waals surface area contributed by atoms with Gasteiger partial charge in [0.25, 0.3) is 5.56 Å². The zero-order chi connectivity index (χ0) is 29.1. The Hall–Kier alpha value is -2.69. The van der Waals surface area contributed by atoms with Crippen LogP contribution in [0.1, 0.15) is 67.3 Å². The van der Waals surface area contributed by atoms with Gasteiger partial charge in [0, 0.05) is 44.5 Å². The number of nitrogens with zero attached hydrogens (tertiary/aromatic N) is 4. The van der Waals surface area contributed by atoms with Crippen molar-refractivity contribution in [3.8, 4) is 0 Å². The topological polar surface area (TPSA) is 94.0 Å². The second-order valence-electron chi connectivity index (χ2n) is 12.2. The number of amides is 1. The zero-order valence-electron chi connectivity index (χ0n) is 24.6. The number of carbonyl (C=O) groups is 2. The number of esters is 1. The molecule has 0 bridgehead atoms. The summed E-state index contributed by atoms with van der Waals surface area (Å²) in [5, 5.41) is 1.36. The van der Waals surface area contributed by atoms with E-state index in [2.05, 4.69) is 4.90 Å². The molecular formula is C32H42N4O5S. The van der Waals surface area contributed by atoms with Gasteiger partial charge in [-0.3, -0.25) is 23.9 Å². The van der Waals surface area contributed by atoms with Gasteiger partial charge in [0.1, 0.15) is 0 Å². The second-order valence-corrected chi connectivity index (χ2v) is 13.5. The van der Waals surface area contributed by atoms with Gasteiger partial charge in [0.2, 0.25) is 5.91 Å². The molecule has 3 aliphatic heterocycles. The maximum atomic E-state index is 13.9. The van der Waals surface area contributed by atoms with E-state index in [1.165, 1.54) is 39.2 Å². The molecule has 1 aromatic heterocycles. The van der Waals surface area contributed by atoms with E-state index in [4.69, 9.17) is 14.5 Å². The molecule has 0 unspecified atom stereocenters. The summed E-state index contributed by atoms with van der Waals surface area (Å²) in [5.41, 5.74) is 3.65. The Morgan fingerprint density at radius 1 is 1.05 bits per heavy atom. The van der Waals surface area contributed by atoms with Gasteiger partial charge in [-0.1, -0.05) is 55.3 Å². The van der Waals surface area contributed by atoms with Crippen LogP contribution in [0.25, 0.3) is 0 Å². The van der Waals surface area contributed by atoms with Gasteiger partial charge in [0.05, 0.1) is 49.9 Å². The molecule has 6 rings (SSSR count). The SMILES string of the molecule is COC(=O)Cc1ccc(CN2CC(C(=O)N3CCc4nc(SC5CCCCC5)n(C[C@H]5CCCO5)c(=O)c4C3)C2)cc1. The summed E-state index contributed by atoms with van der Waals surface area (Å²) in [6.45, 7) is 4.45. The second kappa shape index (κ2) is 13.3. The molecule has 9 nitrogen and oxygen atoms in total. The molecule has 0 N–H and O–H groups in total. The normalized spacial score (nSPS) is 21.6. The third-order valence-electron chi connectivity index (χ3n) is 9.14. The highest BCUT2D eigenvalue weighted by molar-refractivity contribution is 7.99. The van der Waals surface area contributed by atoms with Crippen LogP contribution in [0.5, 0.6) is 0 Å². The highest BCUT2D eigenvalue weighted by Gasteiger charge is 2.37. The Morgan fingerprint density at radius 3 is 2.52 bits per heavy atom. The molecule has 1 amide bonds. The molecule has 42 heavy (non-hydrogen) atoms. The van der Waals surface area contributed by atoms with Crippen LogP contribution >= 0.6 is 11.8 Å². The summed E-state index contributed by atoms with van der Waals surface area (Å²) in [7, 11) is 1.40. The Morgan fingerprint density at radius 2 is 1.81 bits per heavy atom. The van der Waals surface area contributed by atoms with Crippen molar-refractivity contribution in [1.82, 2.24) is 19.4 Å². The van der Waals surface area contributed by atoms with Crippen molar-refractivity contribution in [3.63, 3.8) is 0 Å². The summed E-state index contributed by atoms with van der Waals surface area (Å²) in [6.07, 6.45) is 9.11. The van der Waals surface area contributed by atoms with Gasteiger partial charge >= 0.3 is 5.97 Å². The van der Waals surface area contributed by atoms with Crippen LogP contribution in [0.4, 0.5) is 0 Å². The molecule has 4 aliphatic rings. The molecule has 1 atom stereocenters. The largest absolute Gasteiger partial charge is 0.469 e. The first kappa shape index (κ1) is 29.4. The van der Waals surface area contributed by atoms with Gasteiger partial charge in [-0.05, 0) is 36.8 Å². The Labute approximate surface area is 251 Å². The summed E-state index contributed by atoms with van der Waals surface area (Å²) in [5.74, 6) is -0.159. The first-order valence-corrected chi connectivity index (χ1v) is 16.4. The van der Waals surface area contributed by atoms with Crippen LogP contribution in [-0.4, -0.2) is 75.9 Å². The third kappa shape index (κ3) is 6.76. The van der Waals surface area contributed by atoms with Gasteiger partial charge in [-0.15, -0.1) is 0 Å². The first-order chi connectivity index (χ1) is 20.5. The van der Waals surface area contributed by atoms with Crippen LogP contribution < -0.4 is 5.56 Å². The molecule has 226 valence electrons. The molecule has 0 radical (unpaired) electrons. The van der Waals surface area contributed by atoms with E-state index in [0.717, 1.165) is 48.0 Å². The van der Waals surface area contributed by atoms with E-state index in [9.17, 15) is 14.4 Å². The smallest absolute Gasteiger partial charge is 0.309 e. The Kier molecular flexibility index (Phi) is 9.31. The minimum absolute atomic E-state index is 0.0113. The average Bonchev–Trinajstić information content (AvgIpc) is 3.51. The molecule has 0 spiro atoms. The lowest BCUT2D eigenvalue weighted by molar-refractivity contribution is -0.142. The molecule has 4 heterocycles. The Balaban J connectivity index is 1.09. The molecule has 10 heteroatoms. The van der Waals surface area contributed by atoms with Gasteiger partial charge in [-0.2, -0.15) is 0 Å². The van der Waals surface area contributed by atoms with Crippen molar-refractivity contribution in [2.75, 3.05) is 33.4 Å². The van der Waals surface area contributed by atoms with Crippen LogP contribution in [0, 0.1) is 5.92 Å². The molecule has 2 saturated heterocycles. The van der Waals surface area contributed by atoms with Crippen molar-refractivity contribution >= 4 is 23.6 Å². The lowest BCUT2D eigenvalue weighted by atomic mass is 9.95. The highest BCUT2D eigenvalue weighted by atomic mass is 32.2. The maximum Gasteiger partial charge on any atom is 0.309 e. The average molecular weight is 595 g/mol. The number of rotatable bonds is 9. The number of benzene rings is 1. The third-order valence-corrected chi connectivity index (χ3v) is 10.5. The molecule has 1 saturated carbocycles. The number of hydrogen-bond donors (Lipinski definition) is 0. The molecular weight excluding hydrogens is 552 g/mol. The van der Waals surface area contributed by atoms with Crippen molar-refractivity contribution in [2.45, 2.75) is 93.9 Å². The molecule has 1 aromatic carbocycles. The maximum absolute atomic E-state index is 13.9. The van der Waals surface area contributed by atoms with Gasteiger partial charge < -0.3 is 14.4 Å². The predicted molar refractivity (Wildman–Crippen MR) is 160 cm³/mol. The molecule has 2 aromatic rings. The van der Waals surface area contributed by atoms with Crippen molar-refractivity contribution in [2.24, 2.45) is 5.92 Å². The fourth-order valence-corrected chi connectivity index (χ4v) is 7.94. The van der Waals surface area contributed by atoms with Crippen LogP contribution in [0.2, 0.25) is 0 Å². The number of carbonyl (C=O) groups excluding carboxylic acids is 2. The fraction of sp³-hybridized carbons (Fsp3) is 0.625. The monoisotopic (exact) mass is 594 g/mol. The van der Waals surface area contributed by atoms with Crippen molar-refractivity contribution in [3.05, 3.63) is 57.0 Å². The lowest BCUT2D eigenvalue weighted by Gasteiger charge is -2.41. The fourth-order valence-electron chi connectivity index (χ4n) is 6.63. The van der Waals surface area contributed by atoms with E-state index in [1.54, 1.807) is 11.8 Å². The number of ether oxygens (including phenoxy) is 2. The van der Waals surface area contributed by atoms with Crippen LogP contribution in [0.3, 0.4) is 0 Å². The lowest BCUT2D eigenvalue weighted by Crippen LogP contribution is -2.55. The van der Waals surface area contributed by atoms with E-state index >= 15 is 0 Å². The summed E-state index contributed by atoms with van der Waals surface area (Å²) in [6, 6.07) is 7.98. The number of fused-ring (bicyclic) bond motifs is 1. The zero-order valence-corrected chi connectivity index (χ0v) is 25.4. The van der Waals surface area contributed by atoms with E-state index < -0.39 is 0 Å². The summed E-state index contributed by atoms with van der Waals surface area (Å²) in [4.78, 5) is 48.1. The van der Waals surface area contributed by atoms with Crippen molar-refractivity contribution < 1.29 is 19.1 Å². The number of aromatic nitrogens is 2. The highest BCUT2D eigenvalue weighted by Crippen LogP contribution is 2.34. The molecule has 1 aliphatic carbocycles. The summed E-state index contributed by atoms with van der Waals surface area (Å²) >= 11 is 1.78.